The molecule has 0 spiro atoms. The van der Waals surface area contributed by atoms with E-state index in [4.69, 9.17) is 20.9 Å². The lowest BCUT2D eigenvalue weighted by molar-refractivity contribution is -0.156. The van der Waals surface area contributed by atoms with Crippen molar-refractivity contribution in [3.05, 3.63) is 23.8 Å². The quantitative estimate of drug-likeness (QED) is 0.326. The monoisotopic (exact) mass is 582 g/mol. The van der Waals surface area contributed by atoms with Crippen LogP contribution in [-0.2, 0) is 20.8 Å². The minimum atomic E-state index is -0.417. The lowest BCUT2D eigenvalue weighted by Gasteiger charge is -2.62. The highest BCUT2D eigenvalue weighted by molar-refractivity contribution is 5.79. The third-order valence-corrected chi connectivity index (χ3v) is 11.8. The van der Waals surface area contributed by atoms with Crippen molar-refractivity contribution >= 4 is 17.6 Å². The summed E-state index contributed by atoms with van der Waals surface area (Å²) in [4.78, 5) is 35.0. The van der Waals surface area contributed by atoms with Crippen LogP contribution in [0.25, 0.3) is 0 Å². The van der Waals surface area contributed by atoms with Gasteiger partial charge in [-0.25, -0.2) is 0 Å². The van der Waals surface area contributed by atoms with Crippen molar-refractivity contribution in [2.45, 2.75) is 103 Å². The van der Waals surface area contributed by atoms with Gasteiger partial charge < -0.3 is 26.0 Å². The van der Waals surface area contributed by atoms with E-state index in [1.165, 1.54) is 6.42 Å². The van der Waals surface area contributed by atoms with Crippen molar-refractivity contribution in [1.82, 2.24) is 0 Å². The first-order valence-corrected chi connectivity index (χ1v) is 16.2. The van der Waals surface area contributed by atoms with Crippen LogP contribution in [0, 0.1) is 40.4 Å². The maximum absolute atomic E-state index is 12.6. The van der Waals surface area contributed by atoms with E-state index in [0.717, 1.165) is 69.8 Å². The SMILES string of the molecule is C[C@]12CCC(=O)CC1CC(CCCc1cc(OCCC(N)=O)cc(OCCC(N)=O)c1)[C@@H]1[C@H]2CC[C@]2(C)C(O)CC[C@@H]12. The fourth-order valence-electron chi connectivity index (χ4n) is 9.54. The zero-order valence-electron chi connectivity index (χ0n) is 25.4. The molecule has 1 aromatic rings. The number of rotatable bonds is 12. The zero-order chi connectivity index (χ0) is 30.1. The Morgan fingerprint density at radius 3 is 2.21 bits per heavy atom. The minimum Gasteiger partial charge on any atom is -0.493 e. The number of aliphatic hydroxyl groups excluding tert-OH is 1. The van der Waals surface area contributed by atoms with Gasteiger partial charge in [0.15, 0.2) is 0 Å². The van der Waals surface area contributed by atoms with Crippen LogP contribution < -0.4 is 20.9 Å². The van der Waals surface area contributed by atoms with E-state index in [0.29, 0.717) is 46.9 Å². The molecule has 4 fully saturated rings. The lowest BCUT2D eigenvalue weighted by atomic mass is 9.42. The number of carbonyl (C=O) groups is 3. The summed E-state index contributed by atoms with van der Waals surface area (Å²) in [6, 6.07) is 5.76. The summed E-state index contributed by atoms with van der Waals surface area (Å²) in [6.07, 6.45) is 10.9. The van der Waals surface area contributed by atoms with Gasteiger partial charge in [-0.05, 0) is 116 Å². The molecule has 0 radical (unpaired) electrons. The first-order valence-electron chi connectivity index (χ1n) is 16.2. The Morgan fingerprint density at radius 1 is 0.929 bits per heavy atom. The molecule has 0 heterocycles. The topological polar surface area (TPSA) is 142 Å². The maximum Gasteiger partial charge on any atom is 0.220 e. The third kappa shape index (κ3) is 6.34. The highest BCUT2D eigenvalue weighted by Crippen LogP contribution is 2.67. The number of amides is 2. The fourth-order valence-corrected chi connectivity index (χ4v) is 9.54. The summed E-state index contributed by atoms with van der Waals surface area (Å²) >= 11 is 0. The number of nitrogens with two attached hydrogens (primary N) is 2. The van der Waals surface area contributed by atoms with Gasteiger partial charge in [0.25, 0.3) is 0 Å². The van der Waals surface area contributed by atoms with Crippen LogP contribution in [-0.4, -0.2) is 42.0 Å². The van der Waals surface area contributed by atoms with Gasteiger partial charge >= 0.3 is 0 Å². The second-order valence-corrected chi connectivity index (χ2v) is 14.2. The minimum absolute atomic E-state index is 0.0147. The van der Waals surface area contributed by atoms with Crippen LogP contribution in [0.15, 0.2) is 18.2 Å². The van der Waals surface area contributed by atoms with Gasteiger partial charge in [0.05, 0.1) is 32.2 Å². The predicted octanol–water partition coefficient (Wildman–Crippen LogP) is 4.72. The van der Waals surface area contributed by atoms with Gasteiger partial charge in [0.2, 0.25) is 11.8 Å². The van der Waals surface area contributed by atoms with Crippen LogP contribution >= 0.6 is 0 Å². The van der Waals surface area contributed by atoms with E-state index in [1.807, 2.05) is 12.1 Å². The summed E-state index contributed by atoms with van der Waals surface area (Å²) in [5.41, 5.74) is 11.9. The molecular formula is C34H50N2O6. The zero-order valence-corrected chi connectivity index (χ0v) is 25.4. The van der Waals surface area contributed by atoms with Crippen molar-refractivity contribution in [1.29, 1.82) is 0 Å². The average Bonchev–Trinajstić information content (AvgIpc) is 3.23. The van der Waals surface area contributed by atoms with Gasteiger partial charge in [0.1, 0.15) is 17.3 Å². The van der Waals surface area contributed by atoms with Crippen molar-refractivity contribution < 1.29 is 29.0 Å². The van der Waals surface area contributed by atoms with Crippen LogP contribution in [0.3, 0.4) is 0 Å². The first-order chi connectivity index (χ1) is 20.0. The molecule has 1 aromatic carbocycles. The fraction of sp³-hybridized carbons (Fsp3) is 0.735. The first kappa shape index (κ1) is 30.8. The summed E-state index contributed by atoms with van der Waals surface area (Å²) in [7, 11) is 0. The molecule has 3 unspecified atom stereocenters. The molecule has 4 aliphatic rings. The molecule has 232 valence electrons. The molecule has 42 heavy (non-hydrogen) atoms. The molecule has 0 bridgehead atoms. The number of hydrogen-bond acceptors (Lipinski definition) is 6. The molecule has 0 aromatic heterocycles. The van der Waals surface area contributed by atoms with Crippen molar-refractivity contribution in [2.24, 2.45) is 51.9 Å². The van der Waals surface area contributed by atoms with Gasteiger partial charge in [-0.3, -0.25) is 14.4 Å². The Bertz CT molecular complexity index is 1130. The Hall–Kier alpha value is -2.61. The Labute approximate surface area is 250 Å². The highest BCUT2D eigenvalue weighted by atomic mass is 16.5. The number of hydrogen-bond donors (Lipinski definition) is 3. The Kier molecular flexibility index (Phi) is 9.22. The normalized spacial score (nSPS) is 35.5. The second-order valence-electron chi connectivity index (χ2n) is 14.2. The largest absolute Gasteiger partial charge is 0.493 e. The molecule has 0 saturated heterocycles. The van der Waals surface area contributed by atoms with E-state index >= 15 is 0 Å². The van der Waals surface area contributed by atoms with Crippen LogP contribution in [0.5, 0.6) is 11.5 Å². The third-order valence-electron chi connectivity index (χ3n) is 11.8. The molecule has 4 aliphatic carbocycles. The molecular weight excluding hydrogens is 532 g/mol. The standard InChI is InChI=1S/C34H50N2O6/c1-33-12-8-24(37)19-23(33)18-22(32-27-6-7-29(38)34(27,2)13-9-28(32)33)5-3-4-21-16-25(41-14-10-30(35)39)20-26(17-21)42-15-11-31(36)40/h16-17,20,22-23,27-29,32,38H,3-15,18-19H2,1-2H3,(H2,35,39)(H2,36,40)/t22?,23?,27-,28+,29?,32-,33-,34-/m0/s1. The number of aryl methyl sites for hydroxylation is 1. The molecule has 5 rings (SSSR count). The highest BCUT2D eigenvalue weighted by Gasteiger charge is 2.62. The maximum atomic E-state index is 12.6. The molecule has 4 saturated carbocycles. The van der Waals surface area contributed by atoms with Crippen LogP contribution in [0.1, 0.15) is 96.5 Å². The smallest absolute Gasteiger partial charge is 0.220 e. The molecule has 0 aliphatic heterocycles. The van der Waals surface area contributed by atoms with Gasteiger partial charge in [-0.1, -0.05) is 13.8 Å². The van der Waals surface area contributed by atoms with Crippen LogP contribution in [0.2, 0.25) is 0 Å². The number of ether oxygens (including phenoxy) is 2. The molecule has 8 atom stereocenters. The lowest BCUT2D eigenvalue weighted by Crippen LogP contribution is -2.57. The van der Waals surface area contributed by atoms with Crippen LogP contribution in [0.4, 0.5) is 0 Å². The van der Waals surface area contributed by atoms with E-state index in [1.54, 1.807) is 6.07 Å². The van der Waals surface area contributed by atoms with E-state index in [2.05, 4.69) is 13.8 Å². The number of aliphatic hydroxyl groups is 1. The summed E-state index contributed by atoms with van der Waals surface area (Å²) in [5.74, 6) is 3.63. The Balaban J connectivity index is 1.31. The average molecular weight is 583 g/mol. The number of fused-ring (bicyclic) bond motifs is 5. The molecule has 8 heteroatoms. The number of primary amides is 2. The Morgan fingerprint density at radius 2 is 1.57 bits per heavy atom. The van der Waals surface area contributed by atoms with E-state index < -0.39 is 11.8 Å². The van der Waals surface area contributed by atoms with Crippen molar-refractivity contribution in [3.8, 4) is 11.5 Å². The van der Waals surface area contributed by atoms with E-state index in [9.17, 15) is 19.5 Å². The summed E-state index contributed by atoms with van der Waals surface area (Å²) < 4.78 is 11.6. The second kappa shape index (κ2) is 12.6. The number of carbonyl (C=O) groups excluding carboxylic acids is 3. The van der Waals surface area contributed by atoms with Crippen molar-refractivity contribution in [3.63, 3.8) is 0 Å². The van der Waals surface area contributed by atoms with E-state index in [-0.39, 0.29) is 43.0 Å². The number of Topliss-reactive ketones (excluding diaryl/α,β-unsaturated/α-hetero) is 1. The molecule has 8 nitrogen and oxygen atoms in total. The number of ketones is 1. The number of benzene rings is 1. The summed E-state index contributed by atoms with van der Waals surface area (Å²) in [5, 5.41) is 11.0. The molecule has 5 N–H and O–H groups in total. The summed E-state index contributed by atoms with van der Waals surface area (Å²) in [6.45, 7) is 5.20. The van der Waals surface area contributed by atoms with Gasteiger partial charge in [0, 0.05) is 18.9 Å². The van der Waals surface area contributed by atoms with Gasteiger partial charge in [-0.2, -0.15) is 0 Å². The predicted molar refractivity (Wildman–Crippen MR) is 160 cm³/mol. The van der Waals surface area contributed by atoms with Crippen molar-refractivity contribution in [2.75, 3.05) is 13.2 Å². The molecule has 2 amide bonds. The van der Waals surface area contributed by atoms with Gasteiger partial charge in [-0.15, -0.1) is 0 Å².